The SMILES string of the molecule is C=C1C2(C(=O)Nc3ccccc3F)CCC(C2)C1(C)C. The summed E-state index contributed by atoms with van der Waals surface area (Å²) in [6.07, 6.45) is 2.73. The van der Waals surface area contributed by atoms with Gasteiger partial charge in [-0.2, -0.15) is 0 Å². The molecule has 20 heavy (non-hydrogen) atoms. The van der Waals surface area contributed by atoms with Crippen LogP contribution in [0.1, 0.15) is 33.1 Å². The summed E-state index contributed by atoms with van der Waals surface area (Å²) in [5.41, 5.74) is 0.768. The van der Waals surface area contributed by atoms with Gasteiger partial charge in [0.1, 0.15) is 5.82 Å². The van der Waals surface area contributed by atoms with Crippen LogP contribution in [0, 0.1) is 22.6 Å². The third-order valence-electron chi connectivity index (χ3n) is 5.45. The van der Waals surface area contributed by atoms with E-state index in [-0.39, 0.29) is 17.0 Å². The molecular formula is C17H20FNO. The van der Waals surface area contributed by atoms with Crippen LogP contribution < -0.4 is 5.32 Å². The molecule has 0 saturated heterocycles. The average Bonchev–Trinajstić information content (AvgIpc) is 2.93. The molecule has 2 bridgehead atoms. The highest BCUT2D eigenvalue weighted by atomic mass is 19.1. The quantitative estimate of drug-likeness (QED) is 0.806. The van der Waals surface area contributed by atoms with E-state index in [1.807, 2.05) is 0 Å². The first-order valence-corrected chi connectivity index (χ1v) is 7.14. The normalized spacial score (nSPS) is 30.6. The van der Waals surface area contributed by atoms with Crippen LogP contribution in [0.4, 0.5) is 10.1 Å². The summed E-state index contributed by atoms with van der Waals surface area (Å²) in [5, 5.41) is 2.76. The zero-order chi connectivity index (χ0) is 14.5. The summed E-state index contributed by atoms with van der Waals surface area (Å²) in [5.74, 6) is 0.0247. The average molecular weight is 273 g/mol. The number of hydrogen-bond donors (Lipinski definition) is 1. The number of benzene rings is 1. The summed E-state index contributed by atoms with van der Waals surface area (Å²) in [6.45, 7) is 8.52. The molecule has 106 valence electrons. The van der Waals surface area contributed by atoms with Gasteiger partial charge < -0.3 is 5.32 Å². The van der Waals surface area contributed by atoms with Crippen LogP contribution in [-0.2, 0) is 4.79 Å². The first kappa shape index (κ1) is 13.3. The van der Waals surface area contributed by atoms with Crippen molar-refractivity contribution < 1.29 is 9.18 Å². The third kappa shape index (κ3) is 1.65. The molecule has 2 aliphatic rings. The Bertz CT molecular complexity index is 592. The number of nitrogens with one attached hydrogen (secondary N) is 1. The molecule has 1 N–H and O–H groups in total. The van der Waals surface area contributed by atoms with Gasteiger partial charge in [0.25, 0.3) is 0 Å². The number of halogens is 1. The minimum Gasteiger partial charge on any atom is -0.323 e. The van der Waals surface area contributed by atoms with E-state index in [0.29, 0.717) is 5.92 Å². The lowest BCUT2D eigenvalue weighted by atomic mass is 9.68. The molecule has 3 rings (SSSR count). The van der Waals surface area contributed by atoms with E-state index in [1.165, 1.54) is 6.07 Å². The van der Waals surface area contributed by atoms with Crippen molar-refractivity contribution in [2.45, 2.75) is 33.1 Å². The molecule has 2 atom stereocenters. The van der Waals surface area contributed by atoms with E-state index in [1.54, 1.807) is 18.2 Å². The Hall–Kier alpha value is -1.64. The highest BCUT2D eigenvalue weighted by Gasteiger charge is 2.60. The molecule has 1 amide bonds. The summed E-state index contributed by atoms with van der Waals surface area (Å²) >= 11 is 0. The highest BCUT2D eigenvalue weighted by molar-refractivity contribution is 5.98. The van der Waals surface area contributed by atoms with Gasteiger partial charge in [0.2, 0.25) is 5.91 Å². The van der Waals surface area contributed by atoms with E-state index in [9.17, 15) is 9.18 Å². The van der Waals surface area contributed by atoms with Gasteiger partial charge in [-0.15, -0.1) is 0 Å². The smallest absolute Gasteiger partial charge is 0.234 e. The molecule has 0 radical (unpaired) electrons. The van der Waals surface area contributed by atoms with Crippen molar-refractivity contribution in [1.82, 2.24) is 0 Å². The van der Waals surface area contributed by atoms with E-state index in [4.69, 9.17) is 0 Å². The maximum absolute atomic E-state index is 13.7. The van der Waals surface area contributed by atoms with Gasteiger partial charge in [0.15, 0.2) is 0 Å². The van der Waals surface area contributed by atoms with Gasteiger partial charge in [-0.05, 0) is 42.7 Å². The van der Waals surface area contributed by atoms with Crippen molar-refractivity contribution in [2.24, 2.45) is 16.7 Å². The fraction of sp³-hybridized carbons (Fsp3) is 0.471. The largest absolute Gasteiger partial charge is 0.323 e. The number of anilines is 1. The molecule has 2 unspecified atom stereocenters. The molecule has 3 heteroatoms. The summed E-state index contributed by atoms with van der Waals surface area (Å²) in [6, 6.07) is 6.30. The van der Waals surface area contributed by atoms with Crippen LogP contribution in [0.5, 0.6) is 0 Å². The van der Waals surface area contributed by atoms with Gasteiger partial charge >= 0.3 is 0 Å². The van der Waals surface area contributed by atoms with E-state index < -0.39 is 11.2 Å². The Kier molecular flexibility index (Phi) is 2.79. The van der Waals surface area contributed by atoms with Crippen LogP contribution in [0.2, 0.25) is 0 Å². The van der Waals surface area contributed by atoms with Crippen LogP contribution in [0.25, 0.3) is 0 Å². The first-order valence-electron chi connectivity index (χ1n) is 7.14. The predicted octanol–water partition coefficient (Wildman–Crippen LogP) is 4.15. The van der Waals surface area contributed by atoms with E-state index in [2.05, 4.69) is 25.7 Å². The van der Waals surface area contributed by atoms with Crippen LogP contribution in [-0.4, -0.2) is 5.91 Å². The van der Waals surface area contributed by atoms with Crippen molar-refractivity contribution in [3.63, 3.8) is 0 Å². The molecule has 1 aromatic carbocycles. The molecule has 0 spiro atoms. The molecule has 1 aromatic rings. The lowest BCUT2D eigenvalue weighted by molar-refractivity contribution is -0.123. The number of carbonyl (C=O) groups is 1. The van der Waals surface area contributed by atoms with Crippen molar-refractivity contribution in [1.29, 1.82) is 0 Å². The van der Waals surface area contributed by atoms with Crippen LogP contribution >= 0.6 is 0 Å². The molecule has 2 nitrogen and oxygen atoms in total. The topological polar surface area (TPSA) is 29.1 Å². The highest BCUT2D eigenvalue weighted by Crippen LogP contribution is 2.65. The molecular weight excluding hydrogens is 253 g/mol. The maximum Gasteiger partial charge on any atom is 0.234 e. The summed E-state index contributed by atoms with van der Waals surface area (Å²) in [4.78, 5) is 12.7. The van der Waals surface area contributed by atoms with Gasteiger partial charge in [-0.1, -0.05) is 38.1 Å². The number of fused-ring (bicyclic) bond motifs is 2. The second kappa shape index (κ2) is 4.18. The Morgan fingerprint density at radius 2 is 2.10 bits per heavy atom. The lowest BCUT2D eigenvalue weighted by Crippen LogP contribution is -2.37. The fourth-order valence-corrected chi connectivity index (χ4v) is 3.95. The molecule has 2 aliphatic carbocycles. The van der Waals surface area contributed by atoms with E-state index >= 15 is 0 Å². The number of para-hydroxylation sites is 1. The summed E-state index contributed by atoms with van der Waals surface area (Å²) < 4.78 is 13.7. The van der Waals surface area contributed by atoms with Crippen molar-refractivity contribution in [3.05, 3.63) is 42.2 Å². The second-order valence-corrected chi connectivity index (χ2v) is 6.66. The lowest BCUT2D eigenvalue weighted by Gasteiger charge is -2.37. The van der Waals surface area contributed by atoms with Crippen LogP contribution in [0.15, 0.2) is 36.4 Å². The maximum atomic E-state index is 13.7. The second-order valence-electron chi connectivity index (χ2n) is 6.66. The molecule has 0 aliphatic heterocycles. The van der Waals surface area contributed by atoms with Gasteiger partial charge in [-0.25, -0.2) is 4.39 Å². The molecule has 2 fully saturated rings. The number of rotatable bonds is 2. The number of hydrogen-bond acceptors (Lipinski definition) is 1. The fourth-order valence-electron chi connectivity index (χ4n) is 3.95. The van der Waals surface area contributed by atoms with Crippen molar-refractivity contribution in [2.75, 3.05) is 5.32 Å². The molecule has 2 saturated carbocycles. The monoisotopic (exact) mass is 273 g/mol. The number of amides is 1. The zero-order valence-electron chi connectivity index (χ0n) is 12.0. The van der Waals surface area contributed by atoms with Crippen molar-refractivity contribution in [3.8, 4) is 0 Å². The first-order chi connectivity index (χ1) is 9.38. The van der Waals surface area contributed by atoms with Crippen molar-refractivity contribution >= 4 is 11.6 Å². The third-order valence-corrected chi connectivity index (χ3v) is 5.45. The Balaban J connectivity index is 1.89. The van der Waals surface area contributed by atoms with Crippen LogP contribution in [0.3, 0.4) is 0 Å². The minimum absolute atomic E-state index is 0.00478. The Morgan fingerprint density at radius 3 is 2.70 bits per heavy atom. The minimum atomic E-state index is -0.504. The summed E-state index contributed by atoms with van der Waals surface area (Å²) in [7, 11) is 0. The number of carbonyl (C=O) groups excluding carboxylic acids is 1. The molecule has 0 aromatic heterocycles. The van der Waals surface area contributed by atoms with Gasteiger partial charge in [0, 0.05) is 0 Å². The predicted molar refractivity (Wildman–Crippen MR) is 77.7 cm³/mol. The standard InChI is InChI=1S/C17H20FNO/c1-11-16(2,3)12-8-9-17(11,10-12)15(20)19-14-7-5-4-6-13(14)18/h4-7,12H,1,8-10H2,2-3H3,(H,19,20). The van der Waals surface area contributed by atoms with E-state index in [0.717, 1.165) is 24.8 Å². The molecule has 0 heterocycles. The van der Waals surface area contributed by atoms with Gasteiger partial charge in [0.05, 0.1) is 11.1 Å². The zero-order valence-corrected chi connectivity index (χ0v) is 12.0. The Labute approximate surface area is 119 Å². The van der Waals surface area contributed by atoms with Gasteiger partial charge in [-0.3, -0.25) is 4.79 Å². The Morgan fingerprint density at radius 1 is 1.40 bits per heavy atom.